The van der Waals surface area contributed by atoms with Crippen molar-refractivity contribution in [3.8, 4) is 0 Å². The van der Waals surface area contributed by atoms with Gasteiger partial charge in [-0.15, -0.1) is 0 Å². The molecule has 1 unspecified atom stereocenters. The summed E-state index contributed by atoms with van der Waals surface area (Å²) in [6, 6.07) is 5.98. The predicted octanol–water partition coefficient (Wildman–Crippen LogP) is 3.28. The van der Waals surface area contributed by atoms with E-state index in [4.69, 9.17) is 11.6 Å². The van der Waals surface area contributed by atoms with Crippen LogP contribution in [0.15, 0.2) is 18.2 Å². The summed E-state index contributed by atoms with van der Waals surface area (Å²) in [6.45, 7) is 4.00. The molecular formula is C12H15ClO. The Kier molecular flexibility index (Phi) is 4.15. The number of benzene rings is 1. The monoisotopic (exact) mass is 210 g/mol. The molecule has 0 aliphatic rings. The fraction of sp³-hybridized carbons (Fsp3) is 0.417. The Morgan fingerprint density at radius 2 is 2.21 bits per heavy atom. The summed E-state index contributed by atoms with van der Waals surface area (Å²) in [7, 11) is 0. The van der Waals surface area contributed by atoms with Gasteiger partial charge in [0.25, 0.3) is 0 Å². The van der Waals surface area contributed by atoms with Crippen LogP contribution >= 0.6 is 11.6 Å². The molecular weight excluding hydrogens is 196 g/mol. The second kappa shape index (κ2) is 5.16. The number of rotatable bonds is 4. The van der Waals surface area contributed by atoms with E-state index in [-0.39, 0.29) is 5.92 Å². The van der Waals surface area contributed by atoms with E-state index in [0.29, 0.717) is 0 Å². The van der Waals surface area contributed by atoms with Crippen LogP contribution in [-0.2, 0) is 17.6 Å². The van der Waals surface area contributed by atoms with Crippen molar-refractivity contribution in [3.63, 3.8) is 0 Å². The quantitative estimate of drug-likeness (QED) is 0.698. The molecule has 1 aromatic carbocycles. The van der Waals surface area contributed by atoms with E-state index < -0.39 is 0 Å². The third kappa shape index (κ3) is 2.85. The van der Waals surface area contributed by atoms with Crippen molar-refractivity contribution in [1.29, 1.82) is 0 Å². The van der Waals surface area contributed by atoms with Crippen molar-refractivity contribution < 1.29 is 4.79 Å². The van der Waals surface area contributed by atoms with Crippen LogP contribution in [0.2, 0.25) is 5.02 Å². The summed E-state index contributed by atoms with van der Waals surface area (Å²) >= 11 is 6.00. The van der Waals surface area contributed by atoms with Gasteiger partial charge in [0.2, 0.25) is 0 Å². The van der Waals surface area contributed by atoms with Crippen LogP contribution in [0, 0.1) is 5.92 Å². The normalized spacial score (nSPS) is 12.5. The van der Waals surface area contributed by atoms with E-state index >= 15 is 0 Å². The molecule has 0 aliphatic carbocycles. The topological polar surface area (TPSA) is 17.1 Å². The molecule has 2 heteroatoms. The van der Waals surface area contributed by atoms with Crippen molar-refractivity contribution in [3.05, 3.63) is 34.3 Å². The highest BCUT2D eigenvalue weighted by Crippen LogP contribution is 2.19. The van der Waals surface area contributed by atoms with Gasteiger partial charge in [-0.3, -0.25) is 0 Å². The van der Waals surface area contributed by atoms with Gasteiger partial charge in [0.15, 0.2) is 0 Å². The average Bonchev–Trinajstić information content (AvgIpc) is 2.20. The van der Waals surface area contributed by atoms with Crippen molar-refractivity contribution in [2.24, 2.45) is 5.92 Å². The molecule has 1 rings (SSSR count). The smallest absolute Gasteiger partial charge is 0.123 e. The van der Waals surface area contributed by atoms with Crippen molar-refractivity contribution >= 4 is 17.9 Å². The van der Waals surface area contributed by atoms with Gasteiger partial charge in [0.05, 0.1) is 0 Å². The summed E-state index contributed by atoms with van der Waals surface area (Å²) in [6.07, 6.45) is 2.72. The minimum Gasteiger partial charge on any atom is -0.303 e. The molecule has 0 heterocycles. The number of halogens is 1. The Morgan fingerprint density at radius 3 is 2.79 bits per heavy atom. The molecule has 0 bridgehead atoms. The minimum atomic E-state index is 0.0841. The zero-order chi connectivity index (χ0) is 10.6. The van der Waals surface area contributed by atoms with Gasteiger partial charge in [-0.1, -0.05) is 37.6 Å². The molecule has 0 spiro atoms. The lowest BCUT2D eigenvalue weighted by molar-refractivity contribution is -0.110. The Morgan fingerprint density at radius 1 is 1.50 bits per heavy atom. The minimum absolute atomic E-state index is 0.0841. The molecule has 1 atom stereocenters. The second-order valence-electron chi connectivity index (χ2n) is 3.60. The van der Waals surface area contributed by atoms with Gasteiger partial charge in [0.1, 0.15) is 6.29 Å². The molecule has 0 aromatic heterocycles. The highest BCUT2D eigenvalue weighted by atomic mass is 35.5. The van der Waals surface area contributed by atoms with Crippen LogP contribution in [0.25, 0.3) is 0 Å². The van der Waals surface area contributed by atoms with Crippen LogP contribution in [0.1, 0.15) is 25.0 Å². The summed E-state index contributed by atoms with van der Waals surface area (Å²) in [5.41, 5.74) is 2.34. The van der Waals surface area contributed by atoms with E-state index in [1.54, 1.807) is 0 Å². The maximum absolute atomic E-state index is 10.5. The first kappa shape index (κ1) is 11.3. The number of carbonyl (C=O) groups excluding carboxylic acids is 1. The molecule has 76 valence electrons. The van der Waals surface area contributed by atoms with Gasteiger partial charge >= 0.3 is 0 Å². The Hall–Kier alpha value is -0.820. The summed E-state index contributed by atoms with van der Waals surface area (Å²) in [5.74, 6) is 0.0841. The number of aldehydes is 1. The lowest BCUT2D eigenvalue weighted by Crippen LogP contribution is -2.01. The SMILES string of the molecule is CCc1cc(CC(C)C=O)ccc1Cl. The third-order valence-corrected chi connectivity index (χ3v) is 2.65. The third-order valence-electron chi connectivity index (χ3n) is 2.28. The fourth-order valence-corrected chi connectivity index (χ4v) is 1.70. The lowest BCUT2D eigenvalue weighted by atomic mass is 10.00. The van der Waals surface area contributed by atoms with Crippen LogP contribution < -0.4 is 0 Å². The van der Waals surface area contributed by atoms with E-state index in [9.17, 15) is 4.79 Å². The Balaban J connectivity index is 2.84. The number of carbonyl (C=O) groups is 1. The molecule has 0 aliphatic heterocycles. The van der Waals surface area contributed by atoms with Crippen LogP contribution in [0.5, 0.6) is 0 Å². The van der Waals surface area contributed by atoms with E-state index in [0.717, 1.165) is 29.7 Å². The van der Waals surface area contributed by atoms with Gasteiger partial charge in [0, 0.05) is 10.9 Å². The first-order chi connectivity index (χ1) is 6.67. The van der Waals surface area contributed by atoms with E-state index in [1.165, 1.54) is 5.56 Å². The fourth-order valence-electron chi connectivity index (χ4n) is 1.45. The Labute approximate surface area is 90.1 Å². The van der Waals surface area contributed by atoms with E-state index in [1.807, 2.05) is 19.1 Å². The van der Waals surface area contributed by atoms with E-state index in [2.05, 4.69) is 13.0 Å². The van der Waals surface area contributed by atoms with Crippen molar-refractivity contribution in [1.82, 2.24) is 0 Å². The van der Waals surface area contributed by atoms with Crippen LogP contribution in [-0.4, -0.2) is 6.29 Å². The van der Waals surface area contributed by atoms with Gasteiger partial charge < -0.3 is 4.79 Å². The molecule has 1 aromatic rings. The number of hydrogen-bond donors (Lipinski definition) is 0. The molecule has 0 amide bonds. The lowest BCUT2D eigenvalue weighted by Gasteiger charge is -2.07. The molecule has 0 saturated heterocycles. The van der Waals surface area contributed by atoms with Crippen LogP contribution in [0.3, 0.4) is 0 Å². The number of hydrogen-bond acceptors (Lipinski definition) is 1. The molecule has 1 nitrogen and oxygen atoms in total. The second-order valence-corrected chi connectivity index (χ2v) is 4.00. The van der Waals surface area contributed by atoms with Crippen molar-refractivity contribution in [2.45, 2.75) is 26.7 Å². The highest BCUT2D eigenvalue weighted by molar-refractivity contribution is 6.31. The largest absolute Gasteiger partial charge is 0.303 e. The zero-order valence-corrected chi connectivity index (χ0v) is 9.34. The van der Waals surface area contributed by atoms with Gasteiger partial charge in [-0.05, 0) is 30.0 Å². The molecule has 0 radical (unpaired) electrons. The summed E-state index contributed by atoms with van der Waals surface area (Å²) in [4.78, 5) is 10.5. The maximum Gasteiger partial charge on any atom is 0.123 e. The first-order valence-corrected chi connectivity index (χ1v) is 5.27. The van der Waals surface area contributed by atoms with Gasteiger partial charge in [-0.2, -0.15) is 0 Å². The highest BCUT2D eigenvalue weighted by Gasteiger charge is 2.04. The standard InChI is InChI=1S/C12H15ClO/c1-3-11-7-10(4-5-12(11)13)6-9(2)8-14/h4-5,7-9H,3,6H2,1-2H3. The molecule has 0 N–H and O–H groups in total. The summed E-state index contributed by atoms with van der Waals surface area (Å²) in [5, 5.41) is 0.815. The predicted molar refractivity (Wildman–Crippen MR) is 59.8 cm³/mol. The van der Waals surface area contributed by atoms with Gasteiger partial charge in [-0.25, -0.2) is 0 Å². The van der Waals surface area contributed by atoms with Crippen molar-refractivity contribution in [2.75, 3.05) is 0 Å². The zero-order valence-electron chi connectivity index (χ0n) is 8.59. The maximum atomic E-state index is 10.5. The molecule has 14 heavy (non-hydrogen) atoms. The molecule has 0 fully saturated rings. The average molecular weight is 211 g/mol. The number of aryl methyl sites for hydroxylation is 1. The Bertz CT molecular complexity index is 320. The van der Waals surface area contributed by atoms with Crippen LogP contribution in [0.4, 0.5) is 0 Å². The molecule has 0 saturated carbocycles. The summed E-state index contributed by atoms with van der Waals surface area (Å²) < 4.78 is 0. The first-order valence-electron chi connectivity index (χ1n) is 4.90.